The molecule has 0 saturated heterocycles. The highest BCUT2D eigenvalue weighted by Crippen LogP contribution is 2.23. The first-order chi connectivity index (χ1) is 9.38. The quantitative estimate of drug-likeness (QED) is 0.754. The minimum atomic E-state index is -1.26. The molecule has 7 heteroatoms. The van der Waals surface area contributed by atoms with Gasteiger partial charge in [-0.15, -0.1) is 11.3 Å². The second-order valence-electron chi connectivity index (χ2n) is 4.14. The van der Waals surface area contributed by atoms with Crippen LogP contribution in [0.4, 0.5) is 5.69 Å². The van der Waals surface area contributed by atoms with Crippen LogP contribution >= 0.6 is 11.3 Å². The van der Waals surface area contributed by atoms with Crippen molar-refractivity contribution in [1.82, 2.24) is 4.98 Å². The summed E-state index contributed by atoms with van der Waals surface area (Å²) < 4.78 is 0. The first kappa shape index (κ1) is 14.0. The fraction of sp³-hybridized carbons (Fsp3) is 0.154. The smallest absolute Gasteiger partial charge is 0.339 e. The molecule has 0 atom stereocenters. The summed E-state index contributed by atoms with van der Waals surface area (Å²) in [6.45, 7) is 3.54. The van der Waals surface area contributed by atoms with Crippen LogP contribution in [-0.2, 0) is 0 Å². The van der Waals surface area contributed by atoms with E-state index in [0.29, 0.717) is 16.3 Å². The van der Waals surface area contributed by atoms with Crippen LogP contribution in [0.15, 0.2) is 18.2 Å². The maximum Gasteiger partial charge on any atom is 0.339 e. The molecule has 3 N–H and O–H groups in total. The van der Waals surface area contributed by atoms with Gasteiger partial charge in [0.05, 0.1) is 10.7 Å². The lowest BCUT2D eigenvalue weighted by molar-refractivity contribution is 0.0693. The van der Waals surface area contributed by atoms with Gasteiger partial charge in [-0.3, -0.25) is 4.79 Å². The van der Waals surface area contributed by atoms with Crippen molar-refractivity contribution in [2.75, 3.05) is 5.32 Å². The van der Waals surface area contributed by atoms with E-state index in [-0.39, 0.29) is 17.2 Å². The Bertz CT molecular complexity index is 694. The van der Waals surface area contributed by atoms with E-state index in [0.717, 1.165) is 5.01 Å². The molecule has 0 aliphatic heterocycles. The van der Waals surface area contributed by atoms with Crippen LogP contribution in [0.5, 0.6) is 5.75 Å². The zero-order valence-electron chi connectivity index (χ0n) is 10.8. The Morgan fingerprint density at radius 3 is 2.55 bits per heavy atom. The predicted octanol–water partition coefficient (Wildman–Crippen LogP) is 2.42. The normalized spacial score (nSPS) is 10.3. The third kappa shape index (κ3) is 2.77. The number of nitrogens with zero attached hydrogens (tertiary/aromatic N) is 1. The number of aryl methyl sites for hydroxylation is 2. The molecule has 0 unspecified atom stereocenters. The molecule has 1 heterocycles. The first-order valence-corrected chi connectivity index (χ1v) is 6.52. The Morgan fingerprint density at radius 2 is 2.00 bits per heavy atom. The highest BCUT2D eigenvalue weighted by atomic mass is 32.1. The van der Waals surface area contributed by atoms with Crippen LogP contribution in [0, 0.1) is 13.8 Å². The zero-order chi connectivity index (χ0) is 14.9. The van der Waals surface area contributed by atoms with Crippen LogP contribution in [0.25, 0.3) is 0 Å². The summed E-state index contributed by atoms with van der Waals surface area (Å²) in [6.07, 6.45) is 0. The van der Waals surface area contributed by atoms with Crippen LogP contribution in [0.1, 0.15) is 30.7 Å². The lowest BCUT2D eigenvalue weighted by Crippen LogP contribution is -2.12. The van der Waals surface area contributed by atoms with Gasteiger partial charge in [0.25, 0.3) is 5.91 Å². The van der Waals surface area contributed by atoms with Crippen LogP contribution in [0.3, 0.4) is 0 Å². The van der Waals surface area contributed by atoms with Crippen molar-refractivity contribution >= 4 is 28.9 Å². The minimum absolute atomic E-state index is 0.264. The second-order valence-corrected chi connectivity index (χ2v) is 5.34. The molecule has 0 fully saturated rings. The first-order valence-electron chi connectivity index (χ1n) is 5.70. The van der Waals surface area contributed by atoms with E-state index < -0.39 is 5.97 Å². The summed E-state index contributed by atoms with van der Waals surface area (Å²) in [5.74, 6) is -1.96. The fourth-order valence-corrected chi connectivity index (χ4v) is 2.53. The summed E-state index contributed by atoms with van der Waals surface area (Å²) in [6, 6.07) is 3.87. The molecule has 1 aromatic heterocycles. The van der Waals surface area contributed by atoms with Gasteiger partial charge in [0.2, 0.25) is 0 Å². The number of phenols is 1. The molecule has 2 rings (SSSR count). The number of amides is 1. The molecule has 2 aromatic rings. The van der Waals surface area contributed by atoms with Gasteiger partial charge in [-0.25, -0.2) is 9.78 Å². The molecule has 1 amide bonds. The lowest BCUT2D eigenvalue weighted by atomic mass is 10.2. The number of thiazole rings is 1. The molecule has 0 aliphatic rings. The third-order valence-corrected chi connectivity index (χ3v) is 3.67. The highest BCUT2D eigenvalue weighted by molar-refractivity contribution is 7.13. The van der Waals surface area contributed by atoms with Crippen molar-refractivity contribution in [2.24, 2.45) is 0 Å². The van der Waals surface area contributed by atoms with Gasteiger partial charge in [-0.1, -0.05) is 0 Å². The zero-order valence-corrected chi connectivity index (χ0v) is 11.6. The SMILES string of the molecule is Cc1nc(C)c(C(=O)Nc2ccc(O)c(C(=O)O)c2)s1. The molecular formula is C13H12N2O4S. The van der Waals surface area contributed by atoms with Gasteiger partial charge in [0.15, 0.2) is 0 Å². The number of aromatic carboxylic acids is 1. The molecule has 0 bridgehead atoms. The highest BCUT2D eigenvalue weighted by Gasteiger charge is 2.16. The summed E-state index contributed by atoms with van der Waals surface area (Å²) in [7, 11) is 0. The molecule has 0 aliphatic carbocycles. The second kappa shape index (κ2) is 5.30. The Labute approximate surface area is 118 Å². The van der Waals surface area contributed by atoms with E-state index in [1.165, 1.54) is 29.5 Å². The topological polar surface area (TPSA) is 99.5 Å². The Kier molecular flexibility index (Phi) is 3.71. The van der Waals surface area contributed by atoms with Crippen molar-refractivity contribution in [1.29, 1.82) is 0 Å². The van der Waals surface area contributed by atoms with Crippen LogP contribution < -0.4 is 5.32 Å². The number of carbonyl (C=O) groups is 2. The molecule has 1 aromatic carbocycles. The van der Waals surface area contributed by atoms with E-state index in [9.17, 15) is 14.7 Å². The van der Waals surface area contributed by atoms with Crippen molar-refractivity contribution in [3.8, 4) is 5.75 Å². The molecule has 0 radical (unpaired) electrons. The average molecular weight is 292 g/mol. The Morgan fingerprint density at radius 1 is 1.30 bits per heavy atom. The number of hydrogen-bond donors (Lipinski definition) is 3. The monoisotopic (exact) mass is 292 g/mol. The molecule has 0 spiro atoms. The maximum absolute atomic E-state index is 12.1. The number of carboxylic acid groups (broad SMARTS) is 1. The van der Waals surface area contributed by atoms with Crippen molar-refractivity contribution in [2.45, 2.75) is 13.8 Å². The van der Waals surface area contributed by atoms with E-state index in [2.05, 4.69) is 10.3 Å². The number of hydrogen-bond acceptors (Lipinski definition) is 5. The lowest BCUT2D eigenvalue weighted by Gasteiger charge is -2.06. The number of carbonyl (C=O) groups excluding carboxylic acids is 1. The van der Waals surface area contributed by atoms with Crippen molar-refractivity contribution in [3.63, 3.8) is 0 Å². The van der Waals surface area contributed by atoms with Gasteiger partial charge in [-0.2, -0.15) is 0 Å². The van der Waals surface area contributed by atoms with E-state index in [1.54, 1.807) is 13.8 Å². The molecule has 20 heavy (non-hydrogen) atoms. The third-order valence-electron chi connectivity index (χ3n) is 2.59. The molecular weight excluding hydrogens is 280 g/mol. The summed E-state index contributed by atoms with van der Waals surface area (Å²) >= 11 is 1.27. The number of aromatic hydroxyl groups is 1. The maximum atomic E-state index is 12.1. The number of anilines is 1. The van der Waals surface area contributed by atoms with Gasteiger partial charge in [0.1, 0.15) is 16.2 Å². The predicted molar refractivity (Wildman–Crippen MR) is 74.6 cm³/mol. The van der Waals surface area contributed by atoms with Gasteiger partial charge >= 0.3 is 5.97 Å². The molecule has 0 saturated carbocycles. The number of carboxylic acids is 1. The van der Waals surface area contributed by atoms with Crippen molar-refractivity contribution < 1.29 is 19.8 Å². The van der Waals surface area contributed by atoms with Gasteiger partial charge in [0, 0.05) is 5.69 Å². The number of aromatic nitrogens is 1. The van der Waals surface area contributed by atoms with Crippen molar-refractivity contribution in [3.05, 3.63) is 39.3 Å². The standard InChI is InChI=1S/C13H12N2O4S/c1-6-11(20-7(2)14-6)12(17)15-8-3-4-10(16)9(5-8)13(18)19/h3-5,16H,1-2H3,(H,15,17)(H,18,19). The summed E-state index contributed by atoms with van der Waals surface area (Å²) in [4.78, 5) is 27.6. The van der Waals surface area contributed by atoms with Crippen LogP contribution in [0.2, 0.25) is 0 Å². The van der Waals surface area contributed by atoms with Crippen LogP contribution in [-0.4, -0.2) is 27.1 Å². The molecule has 6 nitrogen and oxygen atoms in total. The summed E-state index contributed by atoms with van der Waals surface area (Å²) in [5, 5.41) is 21.7. The van der Waals surface area contributed by atoms with E-state index in [4.69, 9.17) is 5.11 Å². The molecule has 104 valence electrons. The summed E-state index contributed by atoms with van der Waals surface area (Å²) in [5.41, 5.74) is 0.665. The van der Waals surface area contributed by atoms with Gasteiger partial charge in [-0.05, 0) is 32.0 Å². The number of rotatable bonds is 3. The van der Waals surface area contributed by atoms with E-state index >= 15 is 0 Å². The fourth-order valence-electron chi connectivity index (χ4n) is 1.71. The Hall–Kier alpha value is -2.41. The number of nitrogens with one attached hydrogen (secondary N) is 1. The largest absolute Gasteiger partial charge is 0.507 e. The average Bonchev–Trinajstić information content (AvgIpc) is 2.70. The minimum Gasteiger partial charge on any atom is -0.507 e. The van der Waals surface area contributed by atoms with E-state index in [1.807, 2.05) is 0 Å². The number of benzene rings is 1. The van der Waals surface area contributed by atoms with Gasteiger partial charge < -0.3 is 15.5 Å². The Balaban J connectivity index is 2.26.